The van der Waals surface area contributed by atoms with Crippen LogP contribution in [0.2, 0.25) is 0 Å². The van der Waals surface area contributed by atoms with E-state index in [1.54, 1.807) is 0 Å². The number of nitriles is 1. The molecule has 0 aromatic carbocycles. The Morgan fingerprint density at radius 3 is 2.80 bits per heavy atom. The highest BCUT2D eigenvalue weighted by Crippen LogP contribution is 2.27. The Hall–Kier alpha value is -0.525. The Morgan fingerprint density at radius 1 is 1.90 bits per heavy atom. The molecule has 0 aromatic rings. The molecule has 3 nitrogen and oxygen atoms in total. The van der Waals surface area contributed by atoms with Gasteiger partial charge < -0.3 is 9.84 Å². The molecule has 1 aliphatic heterocycles. The fourth-order valence-electron chi connectivity index (χ4n) is 1.17. The van der Waals surface area contributed by atoms with Crippen LogP contribution in [-0.2, 0) is 4.74 Å². The summed E-state index contributed by atoms with van der Waals surface area (Å²) in [4.78, 5) is 0. The second kappa shape index (κ2) is 2.61. The number of ether oxygens (including phenoxy) is 1. The Labute approximate surface area is 61.0 Å². The number of nitrogens with zero attached hydrogens (tertiary/aromatic N) is 1. The second-order valence-corrected chi connectivity index (χ2v) is 2.73. The zero-order chi connectivity index (χ0) is 7.61. The summed E-state index contributed by atoms with van der Waals surface area (Å²) < 4.78 is 5.24. The highest BCUT2D eigenvalue weighted by Gasteiger charge is 2.37. The van der Waals surface area contributed by atoms with E-state index in [2.05, 4.69) is 0 Å². The average Bonchev–Trinajstić information content (AvgIpc) is 2.33. The molecule has 0 aromatic heterocycles. The Kier molecular flexibility index (Phi) is 1.98. The van der Waals surface area contributed by atoms with Crippen molar-refractivity contribution in [2.45, 2.75) is 24.4 Å². The summed E-state index contributed by atoms with van der Waals surface area (Å²) in [6.07, 6.45) is 1.52. The summed E-state index contributed by atoms with van der Waals surface area (Å²) in [7, 11) is 1.91. The van der Waals surface area contributed by atoms with Crippen LogP contribution in [0.3, 0.4) is 0 Å². The van der Waals surface area contributed by atoms with Gasteiger partial charge in [0.1, 0.15) is 13.9 Å². The Balaban J connectivity index is 2.62. The van der Waals surface area contributed by atoms with Crippen molar-refractivity contribution in [3.8, 4) is 6.07 Å². The first-order valence-electron chi connectivity index (χ1n) is 3.42. The van der Waals surface area contributed by atoms with Gasteiger partial charge in [-0.25, -0.2) is 0 Å². The summed E-state index contributed by atoms with van der Waals surface area (Å²) in [5.41, 5.74) is -0.889. The normalized spacial score (nSPS) is 39.4. The minimum absolute atomic E-state index is 0.117. The van der Waals surface area contributed by atoms with Crippen LogP contribution in [0.4, 0.5) is 0 Å². The van der Waals surface area contributed by atoms with E-state index >= 15 is 0 Å². The molecule has 1 N–H and O–H groups in total. The average molecular weight is 139 g/mol. The van der Waals surface area contributed by atoms with E-state index in [9.17, 15) is 0 Å². The highest BCUT2D eigenvalue weighted by molar-refractivity contribution is 6.11. The number of hydrogen-bond donors (Lipinski definition) is 1. The van der Waals surface area contributed by atoms with Gasteiger partial charge in [0.15, 0.2) is 5.60 Å². The van der Waals surface area contributed by atoms with E-state index < -0.39 is 5.60 Å². The maximum absolute atomic E-state index is 8.79. The maximum atomic E-state index is 8.79. The predicted molar refractivity (Wildman–Crippen MR) is 38.1 cm³/mol. The van der Waals surface area contributed by atoms with Crippen LogP contribution in [0.25, 0.3) is 0 Å². The number of hydrogen-bond acceptors (Lipinski definition) is 3. The van der Waals surface area contributed by atoms with Crippen LogP contribution in [0.1, 0.15) is 12.8 Å². The molecule has 1 fully saturated rings. The number of aliphatic hydroxyl groups excluding tert-OH is 1. The van der Waals surface area contributed by atoms with Crippen molar-refractivity contribution in [2.24, 2.45) is 0 Å². The second-order valence-electron chi connectivity index (χ2n) is 2.73. The standard InChI is InChI=1S/C6H10BNO2/c7-5-1-2-6(3-8,4-9)10-5/h5,9H,1-2,4,7H2/t5-,6-/m1/s1. The number of aliphatic hydroxyl groups is 1. The highest BCUT2D eigenvalue weighted by atomic mass is 16.5. The minimum atomic E-state index is -0.889. The summed E-state index contributed by atoms with van der Waals surface area (Å²) in [5.74, 6) is 0. The van der Waals surface area contributed by atoms with Crippen molar-refractivity contribution in [2.75, 3.05) is 6.61 Å². The lowest BCUT2D eigenvalue weighted by molar-refractivity contribution is -0.00905. The molecular weight excluding hydrogens is 129 g/mol. The smallest absolute Gasteiger partial charge is 0.176 e. The van der Waals surface area contributed by atoms with E-state index in [0.29, 0.717) is 6.42 Å². The maximum Gasteiger partial charge on any atom is 0.176 e. The summed E-state index contributed by atoms with van der Waals surface area (Å²) >= 11 is 0. The first-order valence-corrected chi connectivity index (χ1v) is 3.42. The van der Waals surface area contributed by atoms with Crippen molar-refractivity contribution in [1.29, 1.82) is 5.26 Å². The Morgan fingerprint density at radius 2 is 2.60 bits per heavy atom. The van der Waals surface area contributed by atoms with Crippen molar-refractivity contribution < 1.29 is 9.84 Å². The Bertz CT molecular complexity index is 168. The van der Waals surface area contributed by atoms with Gasteiger partial charge in [-0.1, -0.05) is 0 Å². The van der Waals surface area contributed by atoms with Gasteiger partial charge in [-0.05, 0) is 12.8 Å². The van der Waals surface area contributed by atoms with Crippen molar-refractivity contribution in [3.63, 3.8) is 0 Å². The van der Waals surface area contributed by atoms with Crippen LogP contribution in [0.15, 0.2) is 0 Å². The molecule has 0 radical (unpaired) electrons. The monoisotopic (exact) mass is 139 g/mol. The van der Waals surface area contributed by atoms with Crippen molar-refractivity contribution >= 4 is 7.85 Å². The largest absolute Gasteiger partial charge is 0.392 e. The quantitative estimate of drug-likeness (QED) is 0.474. The lowest BCUT2D eigenvalue weighted by Gasteiger charge is -2.17. The van der Waals surface area contributed by atoms with Crippen LogP contribution < -0.4 is 0 Å². The molecule has 0 unspecified atom stereocenters. The molecule has 0 amide bonds. The summed E-state index contributed by atoms with van der Waals surface area (Å²) in [6, 6.07) is 2.10. The molecule has 4 heteroatoms. The molecule has 0 saturated carbocycles. The van der Waals surface area contributed by atoms with Crippen LogP contribution in [-0.4, -0.2) is 31.2 Å². The zero-order valence-corrected chi connectivity index (χ0v) is 6.00. The van der Waals surface area contributed by atoms with E-state index in [1.165, 1.54) is 0 Å². The molecule has 10 heavy (non-hydrogen) atoms. The molecule has 54 valence electrons. The lowest BCUT2D eigenvalue weighted by Crippen LogP contribution is -2.31. The van der Waals surface area contributed by atoms with Crippen molar-refractivity contribution in [1.82, 2.24) is 0 Å². The van der Waals surface area contributed by atoms with Crippen LogP contribution in [0, 0.1) is 11.3 Å². The summed E-state index contributed by atoms with van der Waals surface area (Å²) in [6.45, 7) is -0.187. The topological polar surface area (TPSA) is 53.2 Å². The van der Waals surface area contributed by atoms with Crippen LogP contribution >= 0.6 is 0 Å². The van der Waals surface area contributed by atoms with E-state index in [1.807, 2.05) is 13.9 Å². The first kappa shape index (κ1) is 7.58. The zero-order valence-electron chi connectivity index (χ0n) is 6.00. The molecule has 0 aliphatic carbocycles. The van der Waals surface area contributed by atoms with Crippen molar-refractivity contribution in [3.05, 3.63) is 0 Å². The fraction of sp³-hybridized carbons (Fsp3) is 0.833. The van der Waals surface area contributed by atoms with Gasteiger partial charge >= 0.3 is 0 Å². The van der Waals surface area contributed by atoms with Gasteiger partial charge in [-0.15, -0.1) is 0 Å². The summed E-state index contributed by atoms with van der Waals surface area (Å²) in [5, 5.41) is 17.4. The fourth-order valence-corrected chi connectivity index (χ4v) is 1.17. The molecule has 0 spiro atoms. The first-order chi connectivity index (χ1) is 4.72. The third-order valence-corrected chi connectivity index (χ3v) is 1.84. The lowest BCUT2D eigenvalue weighted by atomic mass is 9.95. The van der Waals surface area contributed by atoms with Gasteiger partial charge in [0.25, 0.3) is 0 Å². The third-order valence-electron chi connectivity index (χ3n) is 1.84. The van der Waals surface area contributed by atoms with Gasteiger partial charge in [0, 0.05) is 6.00 Å². The van der Waals surface area contributed by atoms with E-state index in [-0.39, 0.29) is 12.6 Å². The predicted octanol–water partition coefficient (Wildman–Crippen LogP) is -0.989. The SMILES string of the molecule is B[C@H]1CC[C@@](C#N)(CO)O1. The molecule has 1 rings (SSSR count). The minimum Gasteiger partial charge on any atom is -0.392 e. The molecule has 0 bridgehead atoms. The van der Waals surface area contributed by atoms with Crippen LogP contribution in [0.5, 0.6) is 0 Å². The number of rotatable bonds is 1. The molecule has 1 saturated heterocycles. The van der Waals surface area contributed by atoms with E-state index in [4.69, 9.17) is 15.1 Å². The van der Waals surface area contributed by atoms with E-state index in [0.717, 1.165) is 6.42 Å². The van der Waals surface area contributed by atoms with Gasteiger partial charge in [0.05, 0.1) is 6.61 Å². The molecule has 1 aliphatic rings. The van der Waals surface area contributed by atoms with Gasteiger partial charge in [0.2, 0.25) is 0 Å². The molecule has 2 atom stereocenters. The van der Waals surface area contributed by atoms with Gasteiger partial charge in [-0.3, -0.25) is 0 Å². The van der Waals surface area contributed by atoms with Gasteiger partial charge in [-0.2, -0.15) is 5.26 Å². The molecular formula is C6H10BNO2. The third kappa shape index (κ3) is 1.15. The molecule has 1 heterocycles.